The van der Waals surface area contributed by atoms with Gasteiger partial charge in [0.25, 0.3) is 16.0 Å². The monoisotopic (exact) mass is 799 g/mol. The topological polar surface area (TPSA) is 110 Å². The summed E-state index contributed by atoms with van der Waals surface area (Å²) in [6.07, 6.45) is -4.94. The Labute approximate surface area is 217 Å². The molecule has 0 aromatic heterocycles. The van der Waals surface area contributed by atoms with Gasteiger partial charge in [-0.25, -0.2) is 0 Å². The molecule has 7 nitrogen and oxygen atoms in total. The van der Waals surface area contributed by atoms with Gasteiger partial charge in [0, 0.05) is 16.8 Å². The van der Waals surface area contributed by atoms with Crippen molar-refractivity contribution in [3.63, 3.8) is 0 Å². The van der Waals surface area contributed by atoms with E-state index in [1.54, 1.807) is 6.07 Å². The van der Waals surface area contributed by atoms with Gasteiger partial charge in [0.05, 0.1) is 11.5 Å². The van der Waals surface area contributed by atoms with E-state index in [-0.39, 0.29) is 18.7 Å². The second-order valence-corrected chi connectivity index (χ2v) is 11.6. The van der Waals surface area contributed by atoms with E-state index in [1.165, 1.54) is 12.2 Å². The smallest absolute Gasteiger partial charge is 0.426 e. The Kier molecular flexibility index (Phi) is 9.43. The molecule has 1 aliphatic rings. The Morgan fingerprint density at radius 2 is 1.84 bits per heavy atom. The molecule has 0 aliphatic heterocycles. The van der Waals surface area contributed by atoms with Gasteiger partial charge in [-0.2, -0.15) is 21.6 Å². The van der Waals surface area contributed by atoms with Crippen LogP contribution in [-0.2, 0) is 19.6 Å². The lowest BCUT2D eigenvalue weighted by Gasteiger charge is -2.25. The molecule has 2 rings (SSSR count). The molecule has 31 heavy (non-hydrogen) atoms. The number of hydrogen-bond donors (Lipinski definition) is 2. The molecular formula is C17H15F3I3NO6S. The highest BCUT2D eigenvalue weighted by atomic mass is 127. The van der Waals surface area contributed by atoms with Gasteiger partial charge in [-0.05, 0) is 92.7 Å². The predicted octanol–water partition coefficient (Wildman–Crippen LogP) is 3.93. The number of halogens is 6. The second kappa shape index (κ2) is 10.8. The molecule has 1 amide bonds. The van der Waals surface area contributed by atoms with Gasteiger partial charge in [0.15, 0.2) is 0 Å². The Morgan fingerprint density at radius 3 is 2.35 bits per heavy atom. The first kappa shape index (κ1) is 27.0. The van der Waals surface area contributed by atoms with Crippen LogP contribution in [0.4, 0.5) is 13.2 Å². The summed E-state index contributed by atoms with van der Waals surface area (Å²) in [4.78, 5) is 24.7. The number of carbonyl (C=O) groups excluding carboxylic acids is 2. The molecule has 1 aromatic rings. The molecular weight excluding hydrogens is 784 g/mol. The molecule has 3 unspecified atom stereocenters. The van der Waals surface area contributed by atoms with Crippen LogP contribution in [0, 0.1) is 16.6 Å². The quantitative estimate of drug-likeness (QED) is 0.149. The third kappa shape index (κ3) is 8.26. The minimum Gasteiger partial charge on any atom is -0.451 e. The lowest BCUT2D eigenvalue weighted by atomic mass is 9.92. The van der Waals surface area contributed by atoms with E-state index in [2.05, 4.69) is 77.8 Å². The van der Waals surface area contributed by atoms with Gasteiger partial charge in [-0.3, -0.25) is 14.1 Å². The van der Waals surface area contributed by atoms with E-state index in [1.807, 2.05) is 6.07 Å². The summed E-state index contributed by atoms with van der Waals surface area (Å²) in [7, 11) is -5.01. The molecule has 14 heteroatoms. The summed E-state index contributed by atoms with van der Waals surface area (Å²) < 4.78 is 75.9. The molecule has 0 radical (unpaired) electrons. The summed E-state index contributed by atoms with van der Waals surface area (Å²) in [5.74, 6) is -4.38. The molecule has 0 bridgehead atoms. The van der Waals surface area contributed by atoms with Crippen LogP contribution in [-0.4, -0.2) is 48.9 Å². The first-order chi connectivity index (χ1) is 14.2. The number of alkyl halides is 3. The van der Waals surface area contributed by atoms with Crippen LogP contribution in [0.2, 0.25) is 0 Å². The van der Waals surface area contributed by atoms with Crippen LogP contribution in [0.5, 0.6) is 0 Å². The molecule has 0 saturated heterocycles. The van der Waals surface area contributed by atoms with Crippen LogP contribution in [0.3, 0.4) is 0 Å². The number of carbonyl (C=O) groups is 2. The highest BCUT2D eigenvalue weighted by Gasteiger charge is 2.46. The van der Waals surface area contributed by atoms with Crippen LogP contribution in [0.15, 0.2) is 24.3 Å². The fraction of sp³-hybridized carbons (Fsp3) is 0.412. The number of ether oxygens (including phenoxy) is 1. The van der Waals surface area contributed by atoms with Crippen LogP contribution in [0.1, 0.15) is 23.2 Å². The van der Waals surface area contributed by atoms with Crippen LogP contribution < -0.4 is 5.32 Å². The zero-order valence-electron chi connectivity index (χ0n) is 15.3. The highest BCUT2D eigenvalue weighted by Crippen LogP contribution is 2.28. The fourth-order valence-electron chi connectivity index (χ4n) is 2.72. The molecule has 1 aromatic carbocycles. The van der Waals surface area contributed by atoms with Crippen molar-refractivity contribution in [2.24, 2.45) is 5.92 Å². The van der Waals surface area contributed by atoms with Crippen LogP contribution >= 0.6 is 67.8 Å². The first-order valence-corrected chi connectivity index (χ1v) is 13.4. The van der Waals surface area contributed by atoms with Crippen molar-refractivity contribution in [3.05, 3.63) is 40.6 Å². The normalized spacial score (nSPS) is 20.2. The van der Waals surface area contributed by atoms with Crippen molar-refractivity contribution in [2.45, 2.75) is 31.2 Å². The van der Waals surface area contributed by atoms with E-state index in [4.69, 9.17) is 4.55 Å². The first-order valence-electron chi connectivity index (χ1n) is 8.53. The maximum Gasteiger partial charge on any atom is 0.426 e. The number of amides is 1. The summed E-state index contributed by atoms with van der Waals surface area (Å²) >= 11 is 6.28. The summed E-state index contributed by atoms with van der Waals surface area (Å²) in [5, 5.41) is 2.80. The highest BCUT2D eigenvalue weighted by molar-refractivity contribution is 14.1. The number of esters is 1. The fourth-order valence-corrected chi connectivity index (χ4v) is 5.76. The molecule has 2 N–H and O–H groups in total. The van der Waals surface area contributed by atoms with Gasteiger partial charge >= 0.3 is 12.1 Å². The van der Waals surface area contributed by atoms with Gasteiger partial charge in [-0.1, -0.05) is 12.2 Å². The Morgan fingerprint density at radius 1 is 1.19 bits per heavy atom. The largest absolute Gasteiger partial charge is 0.451 e. The van der Waals surface area contributed by atoms with Gasteiger partial charge in [-0.15, -0.1) is 0 Å². The molecule has 0 spiro atoms. The van der Waals surface area contributed by atoms with Crippen molar-refractivity contribution in [2.75, 3.05) is 5.75 Å². The van der Waals surface area contributed by atoms with Crippen molar-refractivity contribution < 1.29 is 40.5 Å². The number of rotatable bonds is 6. The molecule has 0 saturated carbocycles. The van der Waals surface area contributed by atoms with Crippen molar-refractivity contribution in [1.29, 1.82) is 0 Å². The van der Waals surface area contributed by atoms with Gasteiger partial charge < -0.3 is 10.1 Å². The molecule has 0 heterocycles. The summed E-state index contributed by atoms with van der Waals surface area (Å²) in [6, 6.07) is 3.23. The summed E-state index contributed by atoms with van der Waals surface area (Å²) in [5.41, 5.74) is 0.491. The molecule has 172 valence electrons. The molecule has 0 fully saturated rings. The van der Waals surface area contributed by atoms with Crippen molar-refractivity contribution in [3.8, 4) is 0 Å². The SMILES string of the molecule is O=C(NC1C=CC(C(=O)OC(CS(=O)(=O)O)C(F)(F)F)CC1)c1cc(I)cc(I)c1I. The minimum atomic E-state index is -5.15. The molecule has 1 aliphatic carbocycles. The van der Waals surface area contributed by atoms with E-state index in [0.29, 0.717) is 5.56 Å². The van der Waals surface area contributed by atoms with E-state index in [0.717, 1.165) is 10.7 Å². The van der Waals surface area contributed by atoms with E-state index < -0.39 is 46.1 Å². The maximum absolute atomic E-state index is 12.9. The average Bonchev–Trinajstić information content (AvgIpc) is 2.62. The Balaban J connectivity index is 2.02. The van der Waals surface area contributed by atoms with Gasteiger partial charge in [0.1, 0.15) is 5.75 Å². The zero-order chi connectivity index (χ0) is 23.6. The Bertz CT molecular complexity index is 1000. The standard InChI is InChI=1S/C17H15F3I3NO6S/c18-17(19,20)13(7-31(27,28)29)30-16(26)8-1-3-10(4-2-8)24-15(25)11-5-9(21)6-12(22)14(11)23/h1,3,5-6,8,10,13H,2,4,7H2,(H,24,25)(H,27,28,29). The number of nitrogens with one attached hydrogen (secondary N) is 1. The van der Waals surface area contributed by atoms with Crippen molar-refractivity contribution in [1.82, 2.24) is 5.32 Å². The third-order valence-corrected chi connectivity index (χ3v) is 8.60. The zero-order valence-corrected chi connectivity index (χ0v) is 22.6. The third-order valence-electron chi connectivity index (χ3n) is 4.21. The molecule has 3 atom stereocenters. The maximum atomic E-state index is 12.9. The minimum absolute atomic E-state index is 0.0949. The lowest BCUT2D eigenvalue weighted by molar-refractivity contribution is -0.216. The number of benzene rings is 1. The average molecular weight is 799 g/mol. The predicted molar refractivity (Wildman–Crippen MR) is 130 cm³/mol. The van der Waals surface area contributed by atoms with Gasteiger partial charge in [0.2, 0.25) is 6.10 Å². The van der Waals surface area contributed by atoms with E-state index in [9.17, 15) is 31.2 Å². The lowest BCUT2D eigenvalue weighted by Crippen LogP contribution is -2.41. The van der Waals surface area contributed by atoms with E-state index >= 15 is 0 Å². The summed E-state index contributed by atoms with van der Waals surface area (Å²) in [6.45, 7) is 0. The van der Waals surface area contributed by atoms with Crippen molar-refractivity contribution >= 4 is 89.8 Å². The Hall–Kier alpha value is -0.210. The number of hydrogen-bond acceptors (Lipinski definition) is 5. The second-order valence-electron chi connectivity index (χ2n) is 6.61. The van der Waals surface area contributed by atoms with Crippen LogP contribution in [0.25, 0.3) is 0 Å².